The van der Waals surface area contributed by atoms with Crippen LogP contribution in [-0.4, -0.2) is 60.7 Å². The van der Waals surface area contributed by atoms with Crippen molar-refractivity contribution < 1.29 is 9.53 Å². The Kier molecular flexibility index (Phi) is 4.33. The molecule has 4 nitrogen and oxygen atoms in total. The van der Waals surface area contributed by atoms with Crippen LogP contribution >= 0.6 is 11.8 Å². The summed E-state index contributed by atoms with van der Waals surface area (Å²) in [5, 5.41) is 3.72. The van der Waals surface area contributed by atoms with Crippen LogP contribution in [0.3, 0.4) is 0 Å². The number of methoxy groups -OCH3 is 1. The van der Waals surface area contributed by atoms with Crippen LogP contribution in [0.4, 0.5) is 0 Å². The van der Waals surface area contributed by atoms with E-state index in [1.807, 2.05) is 11.8 Å². The molecule has 2 atom stereocenters. The van der Waals surface area contributed by atoms with E-state index in [0.717, 1.165) is 44.8 Å². The third-order valence-electron chi connectivity index (χ3n) is 3.97. The van der Waals surface area contributed by atoms with Gasteiger partial charge in [-0.1, -0.05) is 6.92 Å². The fourth-order valence-electron chi connectivity index (χ4n) is 2.97. The van der Waals surface area contributed by atoms with Crippen molar-refractivity contribution in [1.82, 2.24) is 10.2 Å². The van der Waals surface area contributed by atoms with Gasteiger partial charge >= 0.3 is 5.97 Å². The van der Waals surface area contributed by atoms with E-state index in [1.54, 1.807) is 0 Å². The molecule has 0 spiro atoms. The number of nitrogens with zero attached hydrogens (tertiary/aromatic N) is 1. The second-order valence-electron chi connectivity index (χ2n) is 4.77. The van der Waals surface area contributed by atoms with E-state index in [2.05, 4.69) is 17.1 Å². The smallest absolute Gasteiger partial charge is 0.327 e. The van der Waals surface area contributed by atoms with E-state index in [4.69, 9.17) is 4.74 Å². The highest BCUT2D eigenvalue weighted by Gasteiger charge is 2.52. The van der Waals surface area contributed by atoms with Crippen LogP contribution in [0, 0.1) is 0 Å². The minimum atomic E-state index is -0.383. The largest absolute Gasteiger partial charge is 0.468 e. The van der Waals surface area contributed by atoms with Crippen LogP contribution < -0.4 is 5.32 Å². The SMILES string of the molecule is COC(=O)C1(N2CCCNCC2)CCSC1C. The monoisotopic (exact) mass is 258 g/mol. The predicted molar refractivity (Wildman–Crippen MR) is 70.3 cm³/mol. The van der Waals surface area contributed by atoms with Crippen LogP contribution in [0.15, 0.2) is 0 Å². The first-order valence-corrected chi connectivity index (χ1v) is 7.42. The van der Waals surface area contributed by atoms with Gasteiger partial charge in [-0.05, 0) is 25.1 Å². The molecular formula is C12H22N2O2S. The first-order chi connectivity index (χ1) is 8.21. The molecule has 2 fully saturated rings. The molecule has 17 heavy (non-hydrogen) atoms. The molecule has 0 aromatic carbocycles. The Bertz CT molecular complexity index is 280. The van der Waals surface area contributed by atoms with Crippen molar-refractivity contribution in [2.45, 2.75) is 30.6 Å². The molecule has 0 radical (unpaired) electrons. The third kappa shape index (κ3) is 2.33. The maximum Gasteiger partial charge on any atom is 0.327 e. The van der Waals surface area contributed by atoms with Crippen molar-refractivity contribution in [3.63, 3.8) is 0 Å². The Morgan fingerprint density at radius 2 is 2.29 bits per heavy atom. The summed E-state index contributed by atoms with van der Waals surface area (Å²) in [7, 11) is 1.51. The highest BCUT2D eigenvalue weighted by molar-refractivity contribution is 8.00. The maximum absolute atomic E-state index is 12.3. The topological polar surface area (TPSA) is 41.6 Å². The number of hydrogen-bond acceptors (Lipinski definition) is 5. The van der Waals surface area contributed by atoms with Crippen molar-refractivity contribution in [3.05, 3.63) is 0 Å². The van der Waals surface area contributed by atoms with Gasteiger partial charge < -0.3 is 10.1 Å². The highest BCUT2D eigenvalue weighted by atomic mass is 32.2. The molecule has 0 bridgehead atoms. The minimum absolute atomic E-state index is 0.0445. The Balaban J connectivity index is 2.22. The van der Waals surface area contributed by atoms with E-state index in [1.165, 1.54) is 7.11 Å². The molecule has 2 unspecified atom stereocenters. The Labute approximate surface area is 107 Å². The average molecular weight is 258 g/mol. The van der Waals surface area contributed by atoms with E-state index in [0.29, 0.717) is 5.25 Å². The number of thioether (sulfide) groups is 1. The number of carbonyl (C=O) groups excluding carboxylic acids is 1. The lowest BCUT2D eigenvalue weighted by molar-refractivity contribution is -0.155. The summed E-state index contributed by atoms with van der Waals surface area (Å²) in [4.78, 5) is 14.6. The van der Waals surface area contributed by atoms with Gasteiger partial charge in [-0.25, -0.2) is 0 Å². The summed E-state index contributed by atoms with van der Waals surface area (Å²) in [6.45, 7) is 6.12. The summed E-state index contributed by atoms with van der Waals surface area (Å²) in [5.41, 5.74) is -0.383. The van der Waals surface area contributed by atoms with E-state index >= 15 is 0 Å². The van der Waals surface area contributed by atoms with Crippen LogP contribution in [-0.2, 0) is 9.53 Å². The normalized spacial score (nSPS) is 35.5. The molecule has 1 N–H and O–H groups in total. The fraction of sp³-hybridized carbons (Fsp3) is 0.917. The van der Waals surface area contributed by atoms with Crippen molar-refractivity contribution in [2.24, 2.45) is 0 Å². The van der Waals surface area contributed by atoms with Gasteiger partial charge in [-0.15, -0.1) is 0 Å². The van der Waals surface area contributed by atoms with Gasteiger partial charge in [0.05, 0.1) is 7.11 Å². The van der Waals surface area contributed by atoms with Crippen LogP contribution in [0.5, 0.6) is 0 Å². The van der Waals surface area contributed by atoms with E-state index in [-0.39, 0.29) is 11.5 Å². The van der Waals surface area contributed by atoms with Gasteiger partial charge in [0.15, 0.2) is 0 Å². The molecule has 0 aromatic heterocycles. The zero-order valence-corrected chi connectivity index (χ0v) is 11.5. The molecule has 0 amide bonds. The summed E-state index contributed by atoms with van der Waals surface area (Å²) in [5.74, 6) is 1.01. The number of ether oxygens (including phenoxy) is 1. The molecule has 0 saturated carbocycles. The molecule has 2 aliphatic heterocycles. The highest BCUT2D eigenvalue weighted by Crippen LogP contribution is 2.41. The molecule has 5 heteroatoms. The van der Waals surface area contributed by atoms with Gasteiger partial charge in [-0.2, -0.15) is 11.8 Å². The van der Waals surface area contributed by atoms with Gasteiger partial charge in [0.2, 0.25) is 0 Å². The third-order valence-corrected chi connectivity index (χ3v) is 5.30. The first kappa shape index (κ1) is 13.2. The summed E-state index contributed by atoms with van der Waals surface area (Å²) in [6, 6.07) is 0. The average Bonchev–Trinajstić information content (AvgIpc) is 2.58. The summed E-state index contributed by atoms with van der Waals surface area (Å²) < 4.78 is 5.09. The predicted octanol–water partition coefficient (Wildman–Crippen LogP) is 0.719. The summed E-state index contributed by atoms with van der Waals surface area (Å²) in [6.07, 6.45) is 2.03. The van der Waals surface area contributed by atoms with Crippen molar-refractivity contribution in [3.8, 4) is 0 Å². The van der Waals surface area contributed by atoms with Gasteiger partial charge in [0, 0.05) is 24.9 Å². The van der Waals surface area contributed by atoms with Gasteiger partial charge in [0.25, 0.3) is 0 Å². The van der Waals surface area contributed by atoms with Gasteiger partial charge in [-0.3, -0.25) is 9.69 Å². The van der Waals surface area contributed by atoms with E-state index in [9.17, 15) is 4.79 Å². The van der Waals surface area contributed by atoms with Crippen molar-refractivity contribution in [1.29, 1.82) is 0 Å². The molecule has 2 heterocycles. The zero-order valence-electron chi connectivity index (χ0n) is 10.7. The number of nitrogens with one attached hydrogen (secondary N) is 1. The van der Waals surface area contributed by atoms with Gasteiger partial charge in [0.1, 0.15) is 5.54 Å². The number of hydrogen-bond donors (Lipinski definition) is 1. The number of carbonyl (C=O) groups is 1. The fourth-order valence-corrected chi connectivity index (χ4v) is 4.39. The standard InChI is InChI=1S/C12H22N2O2S/c1-10-12(4-9-17-10,11(15)16-2)14-7-3-5-13-6-8-14/h10,13H,3-9H2,1-2H3. The molecular weight excluding hydrogens is 236 g/mol. The van der Waals surface area contributed by atoms with Crippen LogP contribution in [0.25, 0.3) is 0 Å². The molecule has 2 aliphatic rings. The Morgan fingerprint density at radius 1 is 1.47 bits per heavy atom. The molecule has 2 saturated heterocycles. The lowest BCUT2D eigenvalue weighted by atomic mass is 9.90. The Morgan fingerprint density at radius 3 is 2.94 bits per heavy atom. The number of esters is 1. The van der Waals surface area contributed by atoms with Crippen molar-refractivity contribution in [2.75, 3.05) is 39.0 Å². The molecule has 2 rings (SSSR count). The molecule has 0 aromatic rings. The number of rotatable bonds is 2. The first-order valence-electron chi connectivity index (χ1n) is 6.37. The minimum Gasteiger partial charge on any atom is -0.468 e. The lowest BCUT2D eigenvalue weighted by Gasteiger charge is -2.40. The summed E-state index contributed by atoms with van der Waals surface area (Å²) >= 11 is 1.89. The maximum atomic E-state index is 12.3. The zero-order chi connectivity index (χ0) is 12.3. The van der Waals surface area contributed by atoms with Crippen LogP contribution in [0.2, 0.25) is 0 Å². The quantitative estimate of drug-likeness (QED) is 0.739. The lowest BCUT2D eigenvalue weighted by Crippen LogP contribution is -2.59. The molecule has 98 valence electrons. The van der Waals surface area contributed by atoms with Crippen molar-refractivity contribution >= 4 is 17.7 Å². The van der Waals surface area contributed by atoms with Crippen LogP contribution in [0.1, 0.15) is 19.8 Å². The Hall–Kier alpha value is -0.260. The molecule has 0 aliphatic carbocycles. The van der Waals surface area contributed by atoms with E-state index < -0.39 is 0 Å². The second-order valence-corrected chi connectivity index (χ2v) is 6.22. The second kappa shape index (κ2) is 5.59.